The lowest BCUT2D eigenvalue weighted by molar-refractivity contribution is -0.138. The van der Waals surface area contributed by atoms with Gasteiger partial charge in [-0.2, -0.15) is 5.21 Å². The number of fused-ring (bicyclic) bond motifs is 1. The summed E-state index contributed by atoms with van der Waals surface area (Å²) in [5.41, 5.74) is 1.44. The van der Waals surface area contributed by atoms with Crippen LogP contribution in [0.1, 0.15) is 11.4 Å². The minimum atomic E-state index is -1.04. The average Bonchev–Trinajstić information content (AvgIpc) is 3.11. The van der Waals surface area contributed by atoms with Crippen molar-refractivity contribution in [3.05, 3.63) is 35.7 Å². The van der Waals surface area contributed by atoms with Crippen molar-refractivity contribution in [2.45, 2.75) is 19.0 Å². The van der Waals surface area contributed by atoms with Gasteiger partial charge in [0, 0.05) is 12.1 Å². The minimum Gasteiger partial charge on any atom is -0.480 e. The van der Waals surface area contributed by atoms with E-state index in [1.165, 1.54) is 4.90 Å². The first kappa shape index (κ1) is 13.0. The van der Waals surface area contributed by atoms with Crippen LogP contribution in [0.5, 0.6) is 0 Å². The average molecular weight is 288 g/mol. The number of urea groups is 1. The maximum Gasteiger partial charge on any atom is 0.327 e. The fraction of sp³-hybridized carbons (Fsp3) is 0.250. The second kappa shape index (κ2) is 5.19. The molecule has 2 aromatic rings. The van der Waals surface area contributed by atoms with Crippen LogP contribution in [0.25, 0.3) is 0 Å². The lowest BCUT2D eigenvalue weighted by Crippen LogP contribution is -2.47. The summed E-state index contributed by atoms with van der Waals surface area (Å²) in [5, 5.41) is 25.0. The molecule has 3 rings (SSSR count). The predicted octanol–water partition coefficient (Wildman–Crippen LogP) is -0.0748. The van der Waals surface area contributed by atoms with Crippen LogP contribution in [0.2, 0.25) is 0 Å². The number of carbonyl (C=O) groups is 2. The van der Waals surface area contributed by atoms with E-state index in [9.17, 15) is 14.7 Å². The van der Waals surface area contributed by atoms with E-state index in [0.717, 1.165) is 5.56 Å². The summed E-state index contributed by atoms with van der Waals surface area (Å²) in [5.74, 6) is -0.719. The number of tetrazole rings is 1. The van der Waals surface area contributed by atoms with E-state index in [1.807, 2.05) is 12.1 Å². The second-order valence-corrected chi connectivity index (χ2v) is 4.54. The van der Waals surface area contributed by atoms with Crippen molar-refractivity contribution in [3.8, 4) is 0 Å². The van der Waals surface area contributed by atoms with Crippen LogP contribution in [0.4, 0.5) is 10.5 Å². The third kappa shape index (κ3) is 2.40. The maximum atomic E-state index is 12.3. The molecule has 0 aliphatic carbocycles. The number of carboxylic acid groups (broad SMARTS) is 1. The number of aromatic nitrogens is 4. The number of nitrogens with zero attached hydrogens (tertiary/aromatic N) is 4. The SMILES string of the molecule is O=C(O)C1Cc2ccccc2N1C(=O)NCc1nn[nH]n1. The van der Waals surface area contributed by atoms with Crippen LogP contribution in [0.3, 0.4) is 0 Å². The third-order valence-electron chi connectivity index (χ3n) is 3.27. The van der Waals surface area contributed by atoms with E-state index in [2.05, 4.69) is 25.9 Å². The molecule has 0 bridgehead atoms. The molecule has 0 saturated heterocycles. The molecular formula is C12H12N6O3. The number of aromatic amines is 1. The highest BCUT2D eigenvalue weighted by molar-refractivity contribution is 6.00. The number of H-pyrrole nitrogens is 1. The Morgan fingerprint density at radius 3 is 2.95 bits per heavy atom. The molecule has 3 N–H and O–H groups in total. The van der Waals surface area contributed by atoms with Crippen molar-refractivity contribution in [2.75, 3.05) is 4.90 Å². The number of hydrogen-bond donors (Lipinski definition) is 3. The highest BCUT2D eigenvalue weighted by Crippen LogP contribution is 2.32. The largest absolute Gasteiger partial charge is 0.480 e. The standard InChI is InChI=1S/C12H12N6O3/c19-11(20)9-5-7-3-1-2-4-8(7)18(9)12(21)13-6-10-14-16-17-15-10/h1-4,9H,5-6H2,(H,13,21)(H,19,20)(H,14,15,16,17). The highest BCUT2D eigenvalue weighted by Gasteiger charge is 2.38. The normalized spacial score (nSPS) is 16.6. The lowest BCUT2D eigenvalue weighted by atomic mass is 10.1. The number of hydrogen-bond acceptors (Lipinski definition) is 5. The number of carbonyl (C=O) groups excluding carboxylic acids is 1. The Bertz CT molecular complexity index is 671. The molecule has 2 heterocycles. The van der Waals surface area contributed by atoms with Crippen molar-refractivity contribution in [2.24, 2.45) is 0 Å². The van der Waals surface area contributed by atoms with Gasteiger partial charge in [0.15, 0.2) is 5.82 Å². The first-order valence-corrected chi connectivity index (χ1v) is 6.27. The Kier molecular flexibility index (Phi) is 3.22. The Labute approximate surface area is 119 Å². The molecule has 2 amide bonds. The summed E-state index contributed by atoms with van der Waals surface area (Å²) in [6.45, 7) is 0.0698. The van der Waals surface area contributed by atoms with Gasteiger partial charge < -0.3 is 10.4 Å². The third-order valence-corrected chi connectivity index (χ3v) is 3.27. The fourth-order valence-corrected chi connectivity index (χ4v) is 2.33. The number of para-hydroxylation sites is 1. The summed E-state index contributed by atoms with van der Waals surface area (Å²) in [6.07, 6.45) is 0.293. The van der Waals surface area contributed by atoms with Crippen molar-refractivity contribution < 1.29 is 14.7 Å². The molecule has 0 saturated carbocycles. The zero-order valence-corrected chi connectivity index (χ0v) is 10.9. The molecule has 1 aliphatic rings. The Morgan fingerprint density at radius 2 is 2.24 bits per heavy atom. The zero-order valence-electron chi connectivity index (χ0n) is 10.9. The van der Waals surface area contributed by atoms with E-state index < -0.39 is 18.0 Å². The smallest absolute Gasteiger partial charge is 0.327 e. The van der Waals surface area contributed by atoms with Gasteiger partial charge in [0.1, 0.15) is 6.04 Å². The van der Waals surface area contributed by atoms with Crippen molar-refractivity contribution in [1.29, 1.82) is 0 Å². The van der Waals surface area contributed by atoms with Gasteiger partial charge in [0.25, 0.3) is 0 Å². The van der Waals surface area contributed by atoms with Gasteiger partial charge in [0.2, 0.25) is 0 Å². The summed E-state index contributed by atoms with van der Waals surface area (Å²) in [4.78, 5) is 24.9. The lowest BCUT2D eigenvalue weighted by Gasteiger charge is -2.22. The van der Waals surface area contributed by atoms with Crippen molar-refractivity contribution in [1.82, 2.24) is 25.9 Å². The zero-order chi connectivity index (χ0) is 14.8. The molecule has 1 aliphatic heterocycles. The highest BCUT2D eigenvalue weighted by atomic mass is 16.4. The molecule has 1 atom stereocenters. The number of carboxylic acids is 1. The number of rotatable bonds is 3. The van der Waals surface area contributed by atoms with Gasteiger partial charge in [-0.15, -0.1) is 10.2 Å². The molecule has 108 valence electrons. The number of benzene rings is 1. The number of amides is 2. The molecule has 0 spiro atoms. The summed E-state index contributed by atoms with van der Waals surface area (Å²) < 4.78 is 0. The Morgan fingerprint density at radius 1 is 1.43 bits per heavy atom. The number of anilines is 1. The van der Waals surface area contributed by atoms with Gasteiger partial charge in [-0.05, 0) is 11.6 Å². The van der Waals surface area contributed by atoms with E-state index >= 15 is 0 Å². The van der Waals surface area contributed by atoms with E-state index in [-0.39, 0.29) is 6.54 Å². The topological polar surface area (TPSA) is 124 Å². The minimum absolute atomic E-state index is 0.0698. The van der Waals surface area contributed by atoms with Crippen molar-refractivity contribution >= 4 is 17.7 Å². The summed E-state index contributed by atoms with van der Waals surface area (Å²) >= 11 is 0. The first-order chi connectivity index (χ1) is 10.2. The summed E-state index contributed by atoms with van der Waals surface area (Å²) in [6, 6.07) is 5.72. The van der Waals surface area contributed by atoms with Gasteiger partial charge in [-0.1, -0.05) is 23.4 Å². The van der Waals surface area contributed by atoms with Gasteiger partial charge in [-0.3, -0.25) is 4.90 Å². The van der Waals surface area contributed by atoms with Crippen LogP contribution in [0.15, 0.2) is 24.3 Å². The molecule has 21 heavy (non-hydrogen) atoms. The van der Waals surface area contributed by atoms with Gasteiger partial charge in [0.05, 0.1) is 6.54 Å². The van der Waals surface area contributed by atoms with E-state index in [1.54, 1.807) is 12.1 Å². The van der Waals surface area contributed by atoms with E-state index in [0.29, 0.717) is 17.9 Å². The van der Waals surface area contributed by atoms with Crippen LogP contribution in [-0.2, 0) is 17.8 Å². The van der Waals surface area contributed by atoms with Crippen LogP contribution in [-0.4, -0.2) is 43.8 Å². The predicted molar refractivity (Wildman–Crippen MR) is 70.5 cm³/mol. The molecule has 1 unspecified atom stereocenters. The maximum absolute atomic E-state index is 12.3. The first-order valence-electron chi connectivity index (χ1n) is 6.27. The molecule has 9 nitrogen and oxygen atoms in total. The summed E-state index contributed by atoms with van der Waals surface area (Å²) in [7, 11) is 0. The molecule has 1 aromatic heterocycles. The van der Waals surface area contributed by atoms with Crippen LogP contribution in [0, 0.1) is 0 Å². The molecular weight excluding hydrogens is 276 g/mol. The molecule has 0 radical (unpaired) electrons. The van der Waals surface area contributed by atoms with E-state index in [4.69, 9.17) is 0 Å². The monoisotopic (exact) mass is 288 g/mol. The Balaban J connectivity index is 1.80. The van der Waals surface area contributed by atoms with Gasteiger partial charge >= 0.3 is 12.0 Å². The molecule has 0 fully saturated rings. The Hall–Kier alpha value is -2.97. The molecule has 9 heteroatoms. The van der Waals surface area contributed by atoms with Gasteiger partial charge in [-0.25, -0.2) is 9.59 Å². The van der Waals surface area contributed by atoms with Crippen LogP contribution >= 0.6 is 0 Å². The number of nitrogens with one attached hydrogen (secondary N) is 2. The quantitative estimate of drug-likeness (QED) is 0.726. The van der Waals surface area contributed by atoms with Crippen molar-refractivity contribution in [3.63, 3.8) is 0 Å². The fourth-order valence-electron chi connectivity index (χ4n) is 2.33. The molecule has 1 aromatic carbocycles. The second-order valence-electron chi connectivity index (χ2n) is 4.54. The number of aliphatic carboxylic acids is 1. The van der Waals surface area contributed by atoms with Crippen LogP contribution < -0.4 is 10.2 Å².